The second kappa shape index (κ2) is 5.05. The molecule has 0 unspecified atom stereocenters. The van der Waals surface area contributed by atoms with Crippen LogP contribution in [-0.4, -0.2) is 54.8 Å². The highest BCUT2D eigenvalue weighted by atomic mass is 32.1. The fourth-order valence-electron chi connectivity index (χ4n) is 3.52. The molecule has 2 fully saturated rings. The number of nitrogens with zero attached hydrogens (tertiary/aromatic N) is 1. The van der Waals surface area contributed by atoms with Crippen molar-refractivity contribution in [3.8, 4) is 0 Å². The fourth-order valence-corrected chi connectivity index (χ4v) is 4.75. The lowest BCUT2D eigenvalue weighted by molar-refractivity contribution is -0.0959. The molecule has 1 aromatic heterocycles. The van der Waals surface area contributed by atoms with Crippen LogP contribution in [0.5, 0.6) is 0 Å². The lowest BCUT2D eigenvalue weighted by atomic mass is 10.00. The van der Waals surface area contributed by atoms with Crippen LogP contribution in [0.1, 0.15) is 35.4 Å². The van der Waals surface area contributed by atoms with Gasteiger partial charge >= 0.3 is 7.82 Å². The van der Waals surface area contributed by atoms with Gasteiger partial charge in [-0.1, -0.05) is 13.8 Å². The molecular formula is C12H17N2O8PS. The van der Waals surface area contributed by atoms with Gasteiger partial charge in [-0.05, 0) is 0 Å². The first-order chi connectivity index (χ1) is 10.9. The number of rotatable bonds is 5. The Balaban J connectivity index is 1.92. The third kappa shape index (κ3) is 2.14. The minimum Gasteiger partial charge on any atom is -0.383 e. The van der Waals surface area contributed by atoms with Gasteiger partial charge in [-0.25, -0.2) is 9.55 Å². The second-order valence-electron chi connectivity index (χ2n) is 6.38. The Bertz CT molecular complexity index is 747. The molecule has 3 rings (SSSR count). The summed E-state index contributed by atoms with van der Waals surface area (Å²) in [6, 6.07) is 0. The summed E-state index contributed by atoms with van der Waals surface area (Å²) in [5.41, 5.74) is 0.594. The maximum atomic E-state index is 11.2. The van der Waals surface area contributed by atoms with Crippen LogP contribution in [0.15, 0.2) is 5.38 Å². The maximum absolute atomic E-state index is 11.2. The van der Waals surface area contributed by atoms with E-state index >= 15 is 0 Å². The van der Waals surface area contributed by atoms with E-state index in [-0.39, 0.29) is 10.7 Å². The molecule has 1 saturated carbocycles. The van der Waals surface area contributed by atoms with Gasteiger partial charge in [0.2, 0.25) is 0 Å². The second-order valence-corrected chi connectivity index (χ2v) is 8.51. The number of hydrogen-bond acceptors (Lipinski definition) is 8. The van der Waals surface area contributed by atoms with Crippen LogP contribution in [0.3, 0.4) is 0 Å². The van der Waals surface area contributed by atoms with Crippen LogP contribution < -0.4 is 5.73 Å². The minimum absolute atomic E-state index is 0.000821. The van der Waals surface area contributed by atoms with Gasteiger partial charge in [0.25, 0.3) is 5.91 Å². The summed E-state index contributed by atoms with van der Waals surface area (Å²) in [5.74, 6) is -0.741. The molecule has 134 valence electrons. The molecule has 0 radical (unpaired) electrons. The van der Waals surface area contributed by atoms with Crippen LogP contribution in [-0.2, 0) is 13.8 Å². The smallest absolute Gasteiger partial charge is 0.383 e. The highest BCUT2D eigenvalue weighted by molar-refractivity contribution is 7.46. The monoisotopic (exact) mass is 380 g/mol. The maximum Gasteiger partial charge on any atom is 0.469 e. The normalized spacial score (nSPS) is 37.2. The molecule has 6 N–H and O–H groups in total. The van der Waals surface area contributed by atoms with E-state index in [2.05, 4.69) is 9.51 Å². The summed E-state index contributed by atoms with van der Waals surface area (Å²) in [6.07, 6.45) is -2.27. The quantitative estimate of drug-likeness (QED) is 0.414. The Hall–Kier alpha value is -0.910. The number of aliphatic hydroxyl groups is 2. The molecule has 12 heteroatoms. The summed E-state index contributed by atoms with van der Waals surface area (Å²) < 4.78 is 20.9. The van der Waals surface area contributed by atoms with Gasteiger partial charge in [-0.2, -0.15) is 0 Å². The molecule has 2 heterocycles. The zero-order valence-electron chi connectivity index (χ0n) is 12.7. The number of phosphoric ester groups is 1. The van der Waals surface area contributed by atoms with Crippen LogP contribution in [0.4, 0.5) is 0 Å². The Kier molecular flexibility index (Phi) is 3.77. The van der Waals surface area contributed by atoms with Gasteiger partial charge in [0.05, 0.1) is 6.61 Å². The molecule has 1 saturated heterocycles. The van der Waals surface area contributed by atoms with Crippen molar-refractivity contribution in [3.05, 3.63) is 16.1 Å². The molecule has 1 aromatic rings. The average Bonchev–Trinajstić information content (AvgIpc) is 2.88. The number of aromatic nitrogens is 1. The molecule has 0 aromatic carbocycles. The summed E-state index contributed by atoms with van der Waals surface area (Å²) >= 11 is 1.03. The third-order valence-corrected chi connectivity index (χ3v) is 6.34. The summed E-state index contributed by atoms with van der Waals surface area (Å²) in [4.78, 5) is 32.8. The molecular weight excluding hydrogens is 363 g/mol. The number of ether oxygens (including phenoxy) is 1. The molecule has 10 nitrogen and oxygen atoms in total. The van der Waals surface area contributed by atoms with E-state index in [1.165, 1.54) is 5.38 Å². The van der Waals surface area contributed by atoms with E-state index in [9.17, 15) is 19.6 Å². The molecule has 2 aliphatic rings. The van der Waals surface area contributed by atoms with Crippen LogP contribution in [0.25, 0.3) is 0 Å². The van der Waals surface area contributed by atoms with Gasteiger partial charge < -0.3 is 30.5 Å². The van der Waals surface area contributed by atoms with E-state index in [0.29, 0.717) is 0 Å². The molecule has 1 aliphatic heterocycles. The van der Waals surface area contributed by atoms with Crippen molar-refractivity contribution in [2.24, 2.45) is 11.1 Å². The Labute approximate surface area is 140 Å². The summed E-state index contributed by atoms with van der Waals surface area (Å²) in [5, 5.41) is 23.4. The van der Waals surface area contributed by atoms with Gasteiger partial charge in [-0.15, -0.1) is 11.3 Å². The number of fused-ring (bicyclic) bond motifs is 1. The van der Waals surface area contributed by atoms with E-state index in [1.807, 2.05) is 0 Å². The molecule has 24 heavy (non-hydrogen) atoms. The van der Waals surface area contributed by atoms with Crippen molar-refractivity contribution in [2.75, 3.05) is 6.61 Å². The Morgan fingerprint density at radius 2 is 2.08 bits per heavy atom. The molecule has 0 spiro atoms. The van der Waals surface area contributed by atoms with E-state index in [4.69, 9.17) is 20.3 Å². The van der Waals surface area contributed by atoms with Gasteiger partial charge in [0.1, 0.15) is 34.1 Å². The van der Waals surface area contributed by atoms with Crippen LogP contribution in [0.2, 0.25) is 0 Å². The standard InChI is InChI=1S/C12H17N2O8PS/c1-10(2)11(16)6(3-21-23(18,19)20)22-7(12(10,11)17)9-14-5(4-24-9)8(13)15/h4,6-7,16-17H,3H2,1-2H3,(H2,13,15)(H2,18,19,20)/t6-,7+,11+,12-/m1/s1. The zero-order valence-corrected chi connectivity index (χ0v) is 14.5. The van der Waals surface area contributed by atoms with Crippen molar-refractivity contribution >= 4 is 25.1 Å². The number of amides is 1. The average molecular weight is 380 g/mol. The summed E-state index contributed by atoms with van der Waals surface area (Å²) in [6.45, 7) is 2.57. The van der Waals surface area contributed by atoms with Crippen LogP contribution in [0, 0.1) is 5.41 Å². The summed E-state index contributed by atoms with van der Waals surface area (Å²) in [7, 11) is -4.77. The van der Waals surface area contributed by atoms with Gasteiger partial charge in [0, 0.05) is 10.8 Å². The highest BCUT2D eigenvalue weighted by Gasteiger charge is 2.92. The first-order valence-corrected chi connectivity index (χ1v) is 9.33. The minimum atomic E-state index is -4.77. The molecule has 4 atom stereocenters. The van der Waals surface area contributed by atoms with Crippen molar-refractivity contribution < 1.29 is 38.6 Å². The van der Waals surface area contributed by atoms with E-state index in [0.717, 1.165) is 11.3 Å². The van der Waals surface area contributed by atoms with E-state index in [1.54, 1.807) is 13.8 Å². The predicted octanol–water partition coefficient (Wildman–Crippen LogP) is -0.707. The van der Waals surface area contributed by atoms with Gasteiger partial charge in [-0.3, -0.25) is 9.32 Å². The number of primary amides is 1. The van der Waals surface area contributed by atoms with Crippen LogP contribution >= 0.6 is 19.2 Å². The zero-order chi connectivity index (χ0) is 18.1. The van der Waals surface area contributed by atoms with E-state index < -0.39 is 49.2 Å². The van der Waals surface area contributed by atoms with Crippen molar-refractivity contribution in [3.63, 3.8) is 0 Å². The van der Waals surface area contributed by atoms with Crippen molar-refractivity contribution in [1.82, 2.24) is 4.98 Å². The molecule has 0 bridgehead atoms. The predicted molar refractivity (Wildman–Crippen MR) is 79.9 cm³/mol. The number of carbonyl (C=O) groups is 1. The number of hydrogen-bond donors (Lipinski definition) is 5. The number of nitrogens with two attached hydrogens (primary N) is 1. The Morgan fingerprint density at radius 1 is 1.46 bits per heavy atom. The third-order valence-electron chi connectivity index (χ3n) is 4.96. The molecule has 1 amide bonds. The first kappa shape index (κ1) is 17.9. The molecule has 1 aliphatic carbocycles. The lowest BCUT2D eigenvalue weighted by Crippen LogP contribution is -2.36. The number of carbonyl (C=O) groups excluding carboxylic acids is 1. The SMILES string of the molecule is CC1(C)[C@]2(O)[C@H](c3nc(C(N)=O)cs3)O[C@H](COP(=O)(O)O)[C@]12O. The first-order valence-electron chi connectivity index (χ1n) is 6.92. The number of thiazole rings is 1. The lowest BCUT2D eigenvalue weighted by Gasteiger charge is -2.26. The highest BCUT2D eigenvalue weighted by Crippen LogP contribution is 2.76. The van der Waals surface area contributed by atoms with Crippen molar-refractivity contribution in [2.45, 2.75) is 37.3 Å². The van der Waals surface area contributed by atoms with Crippen molar-refractivity contribution in [1.29, 1.82) is 0 Å². The Morgan fingerprint density at radius 3 is 2.58 bits per heavy atom. The largest absolute Gasteiger partial charge is 0.469 e. The number of phosphoric acid groups is 1. The topological polar surface area (TPSA) is 172 Å². The van der Waals surface area contributed by atoms with Gasteiger partial charge in [0.15, 0.2) is 0 Å². The fraction of sp³-hybridized carbons (Fsp3) is 0.667.